The van der Waals surface area contributed by atoms with Gasteiger partial charge in [-0.3, -0.25) is 4.98 Å². The highest BCUT2D eigenvalue weighted by atomic mass is 79.9. The minimum Gasteiger partial charge on any atom is -0.357 e. The molecule has 0 saturated heterocycles. The van der Waals surface area contributed by atoms with Gasteiger partial charge in [0.25, 0.3) is 0 Å². The fourth-order valence-electron chi connectivity index (χ4n) is 1.87. The van der Waals surface area contributed by atoms with E-state index in [9.17, 15) is 13.2 Å². The van der Waals surface area contributed by atoms with E-state index in [4.69, 9.17) is 4.74 Å². The van der Waals surface area contributed by atoms with Crippen LogP contribution in [0.4, 0.5) is 13.2 Å². The number of alkyl halides is 3. The van der Waals surface area contributed by atoms with Gasteiger partial charge in [0.05, 0.1) is 5.69 Å². The van der Waals surface area contributed by atoms with Gasteiger partial charge in [0.2, 0.25) is 0 Å². The van der Waals surface area contributed by atoms with Gasteiger partial charge in [-0.05, 0) is 48.0 Å². The number of hydrogen-bond donors (Lipinski definition) is 0. The van der Waals surface area contributed by atoms with Crippen LogP contribution in [0.1, 0.15) is 25.8 Å². The molecule has 0 bridgehead atoms. The van der Waals surface area contributed by atoms with E-state index >= 15 is 0 Å². The highest BCUT2D eigenvalue weighted by Crippen LogP contribution is 2.34. The smallest absolute Gasteiger partial charge is 0.357 e. The van der Waals surface area contributed by atoms with Gasteiger partial charge in [-0.1, -0.05) is 0 Å². The molecule has 114 valence electrons. The second kappa shape index (κ2) is 6.15. The molecule has 0 amide bonds. The number of halogens is 4. The quantitative estimate of drug-likeness (QED) is 0.813. The Morgan fingerprint density at radius 1 is 1.43 bits per heavy atom. The van der Waals surface area contributed by atoms with Crippen LogP contribution in [-0.2, 0) is 10.9 Å². The number of pyridine rings is 1. The van der Waals surface area contributed by atoms with Crippen LogP contribution in [0.15, 0.2) is 28.9 Å². The topological polar surface area (TPSA) is 39.9 Å². The summed E-state index contributed by atoms with van der Waals surface area (Å²) in [5, 5.41) is 3.62. The average Bonchev–Trinajstić information content (AvgIpc) is 2.84. The Hall–Kier alpha value is -1.41. The zero-order valence-corrected chi connectivity index (χ0v) is 12.9. The molecule has 8 heteroatoms. The van der Waals surface area contributed by atoms with Crippen LogP contribution in [0, 0.1) is 0 Å². The Balaban J connectivity index is 2.58. The van der Waals surface area contributed by atoms with Gasteiger partial charge in [-0.15, -0.1) is 0 Å². The summed E-state index contributed by atoms with van der Waals surface area (Å²) in [5.41, 5.74) is -0.343. The van der Waals surface area contributed by atoms with Gasteiger partial charge in [0.15, 0.2) is 5.69 Å². The summed E-state index contributed by atoms with van der Waals surface area (Å²) in [6.45, 7) is 3.77. The molecule has 0 aromatic carbocycles. The van der Waals surface area contributed by atoms with Crippen molar-refractivity contribution in [2.75, 3.05) is 6.61 Å². The first kappa shape index (κ1) is 16.0. The SMILES string of the molecule is CCOC(C)n1nc(C(F)(F)F)cc1-c1ncccc1Br. The number of nitrogens with zero attached hydrogens (tertiary/aromatic N) is 3. The maximum Gasteiger partial charge on any atom is 0.435 e. The normalized spacial score (nSPS) is 13.4. The highest BCUT2D eigenvalue weighted by molar-refractivity contribution is 9.10. The van der Waals surface area contributed by atoms with Crippen molar-refractivity contribution in [3.63, 3.8) is 0 Å². The fourth-order valence-corrected chi connectivity index (χ4v) is 2.33. The Bertz CT molecular complexity index is 627. The highest BCUT2D eigenvalue weighted by Gasteiger charge is 2.36. The lowest BCUT2D eigenvalue weighted by molar-refractivity contribution is -0.142. The molecule has 0 radical (unpaired) electrons. The molecule has 2 aromatic heterocycles. The number of hydrogen-bond acceptors (Lipinski definition) is 3. The maximum atomic E-state index is 12.9. The van der Waals surface area contributed by atoms with Crippen molar-refractivity contribution in [2.24, 2.45) is 0 Å². The summed E-state index contributed by atoms with van der Waals surface area (Å²) in [6.07, 6.45) is -3.64. The lowest BCUT2D eigenvalue weighted by atomic mass is 10.2. The van der Waals surface area contributed by atoms with Crippen molar-refractivity contribution in [1.82, 2.24) is 14.8 Å². The second-order valence-electron chi connectivity index (χ2n) is 4.25. The van der Waals surface area contributed by atoms with Crippen molar-refractivity contribution < 1.29 is 17.9 Å². The van der Waals surface area contributed by atoms with Crippen molar-refractivity contribution in [1.29, 1.82) is 0 Å². The van der Waals surface area contributed by atoms with E-state index in [2.05, 4.69) is 26.0 Å². The molecule has 4 nitrogen and oxygen atoms in total. The first-order valence-electron chi connectivity index (χ1n) is 6.23. The summed E-state index contributed by atoms with van der Waals surface area (Å²) < 4.78 is 45.8. The van der Waals surface area contributed by atoms with E-state index in [0.717, 1.165) is 6.07 Å². The van der Waals surface area contributed by atoms with Gasteiger partial charge >= 0.3 is 6.18 Å². The molecule has 0 N–H and O–H groups in total. The molecule has 2 rings (SSSR count). The van der Waals surface area contributed by atoms with E-state index in [-0.39, 0.29) is 5.69 Å². The largest absolute Gasteiger partial charge is 0.435 e. The summed E-state index contributed by atoms with van der Waals surface area (Å²) in [5.74, 6) is 0. The second-order valence-corrected chi connectivity index (χ2v) is 5.10. The number of ether oxygens (including phenoxy) is 1. The van der Waals surface area contributed by atoms with Gasteiger partial charge in [-0.2, -0.15) is 18.3 Å². The van der Waals surface area contributed by atoms with E-state index in [1.165, 1.54) is 10.9 Å². The number of aromatic nitrogens is 3. The molecule has 0 aliphatic rings. The van der Waals surface area contributed by atoms with Gasteiger partial charge in [-0.25, -0.2) is 4.68 Å². The van der Waals surface area contributed by atoms with Gasteiger partial charge < -0.3 is 4.74 Å². The minimum atomic E-state index is -4.52. The molecule has 0 saturated carbocycles. The average molecular weight is 364 g/mol. The van der Waals surface area contributed by atoms with Crippen LogP contribution in [0.2, 0.25) is 0 Å². The molecule has 0 spiro atoms. The van der Waals surface area contributed by atoms with Crippen molar-refractivity contribution in [3.8, 4) is 11.4 Å². The summed E-state index contributed by atoms with van der Waals surface area (Å²) >= 11 is 3.29. The zero-order valence-electron chi connectivity index (χ0n) is 11.4. The standard InChI is InChI=1S/C13H13BrF3N3O/c1-3-21-8(2)20-10(7-11(19-20)13(15,16)17)12-9(14)5-4-6-18-12/h4-8H,3H2,1-2H3. The minimum absolute atomic E-state index is 0.246. The first-order valence-corrected chi connectivity index (χ1v) is 7.03. The predicted octanol–water partition coefficient (Wildman–Crippen LogP) is 4.28. The van der Waals surface area contributed by atoms with E-state index < -0.39 is 18.1 Å². The van der Waals surface area contributed by atoms with Crippen LogP contribution >= 0.6 is 15.9 Å². The Labute approximate surface area is 128 Å². The van der Waals surface area contributed by atoms with Crippen LogP contribution in [0.3, 0.4) is 0 Å². The van der Waals surface area contributed by atoms with Crippen LogP contribution in [0.25, 0.3) is 11.4 Å². The fraction of sp³-hybridized carbons (Fsp3) is 0.385. The van der Waals surface area contributed by atoms with Crippen molar-refractivity contribution in [3.05, 3.63) is 34.6 Å². The lowest BCUT2D eigenvalue weighted by Crippen LogP contribution is -2.14. The van der Waals surface area contributed by atoms with E-state index in [1.54, 1.807) is 26.0 Å². The van der Waals surface area contributed by atoms with Crippen molar-refractivity contribution >= 4 is 15.9 Å². The molecule has 1 unspecified atom stereocenters. The first-order chi connectivity index (χ1) is 9.84. The Morgan fingerprint density at radius 2 is 2.14 bits per heavy atom. The van der Waals surface area contributed by atoms with Crippen LogP contribution in [0.5, 0.6) is 0 Å². The third kappa shape index (κ3) is 3.44. The molecule has 1 atom stereocenters. The molecule has 0 aliphatic carbocycles. The Kier molecular flexibility index (Phi) is 4.67. The monoisotopic (exact) mass is 363 g/mol. The third-order valence-electron chi connectivity index (χ3n) is 2.78. The van der Waals surface area contributed by atoms with E-state index in [1.807, 2.05) is 0 Å². The molecule has 21 heavy (non-hydrogen) atoms. The van der Waals surface area contributed by atoms with Gasteiger partial charge in [0.1, 0.15) is 11.9 Å². The zero-order chi connectivity index (χ0) is 15.6. The summed E-state index contributed by atoms with van der Waals surface area (Å²) in [7, 11) is 0. The molecular weight excluding hydrogens is 351 g/mol. The van der Waals surface area contributed by atoms with Crippen LogP contribution in [-0.4, -0.2) is 21.4 Å². The maximum absolute atomic E-state index is 12.9. The molecule has 0 fully saturated rings. The van der Waals surface area contributed by atoms with E-state index in [0.29, 0.717) is 16.8 Å². The third-order valence-corrected chi connectivity index (χ3v) is 3.42. The molecule has 2 aromatic rings. The molecular formula is C13H13BrF3N3O. The van der Waals surface area contributed by atoms with Crippen molar-refractivity contribution in [2.45, 2.75) is 26.3 Å². The molecule has 2 heterocycles. The van der Waals surface area contributed by atoms with Crippen LogP contribution < -0.4 is 0 Å². The summed E-state index contributed by atoms with van der Waals surface area (Å²) in [4.78, 5) is 4.12. The predicted molar refractivity (Wildman–Crippen MR) is 74.5 cm³/mol. The Morgan fingerprint density at radius 3 is 2.71 bits per heavy atom. The molecule has 0 aliphatic heterocycles. The lowest BCUT2D eigenvalue weighted by Gasteiger charge is -2.15. The van der Waals surface area contributed by atoms with Gasteiger partial charge in [0, 0.05) is 17.3 Å². The summed E-state index contributed by atoms with van der Waals surface area (Å²) in [6, 6.07) is 4.37. The number of rotatable bonds is 4.